The van der Waals surface area contributed by atoms with Gasteiger partial charge in [0.15, 0.2) is 5.65 Å². The van der Waals surface area contributed by atoms with Crippen molar-refractivity contribution in [1.82, 2.24) is 14.3 Å². The quantitative estimate of drug-likeness (QED) is 0.882. The van der Waals surface area contributed by atoms with E-state index < -0.39 is 0 Å². The van der Waals surface area contributed by atoms with Gasteiger partial charge in [-0.3, -0.25) is 4.90 Å². The van der Waals surface area contributed by atoms with Crippen LogP contribution in [-0.2, 0) is 0 Å². The van der Waals surface area contributed by atoms with Crippen molar-refractivity contribution in [2.24, 2.45) is 0 Å². The predicted molar refractivity (Wildman–Crippen MR) is 73.4 cm³/mol. The molecule has 2 aromatic rings. The number of likely N-dealkylation sites (tertiary alicyclic amines) is 1. The summed E-state index contributed by atoms with van der Waals surface area (Å²) in [5, 5.41) is 0. The number of fused-ring (bicyclic) bond motifs is 1. The summed E-state index contributed by atoms with van der Waals surface area (Å²) in [6, 6.07) is 4.33. The van der Waals surface area contributed by atoms with Crippen molar-refractivity contribution < 1.29 is 0 Å². The van der Waals surface area contributed by atoms with Crippen molar-refractivity contribution in [2.75, 3.05) is 18.8 Å². The van der Waals surface area contributed by atoms with E-state index in [4.69, 9.17) is 10.7 Å². The first-order valence-corrected chi connectivity index (χ1v) is 6.76. The van der Waals surface area contributed by atoms with Gasteiger partial charge >= 0.3 is 0 Å². The maximum absolute atomic E-state index is 5.97. The first kappa shape index (κ1) is 11.5. The Morgan fingerprint density at radius 2 is 2.33 bits per heavy atom. The third-order valence-corrected chi connectivity index (χ3v) is 3.89. The van der Waals surface area contributed by atoms with Crippen LogP contribution in [0.25, 0.3) is 5.65 Å². The number of nitrogens with two attached hydrogens (primary N) is 1. The number of rotatable bonds is 2. The summed E-state index contributed by atoms with van der Waals surface area (Å²) in [5.74, 6) is 0. The van der Waals surface area contributed by atoms with Gasteiger partial charge in [0.25, 0.3) is 0 Å². The Labute approximate surface area is 107 Å². The molecule has 0 amide bonds. The molecule has 2 aromatic heterocycles. The average molecular weight is 244 g/mol. The highest BCUT2D eigenvalue weighted by atomic mass is 15.2. The van der Waals surface area contributed by atoms with E-state index in [1.54, 1.807) is 0 Å². The van der Waals surface area contributed by atoms with Crippen molar-refractivity contribution in [2.45, 2.75) is 32.2 Å². The zero-order chi connectivity index (χ0) is 12.5. The van der Waals surface area contributed by atoms with E-state index in [2.05, 4.69) is 18.0 Å². The van der Waals surface area contributed by atoms with Crippen LogP contribution in [0.4, 0.5) is 5.69 Å². The standard InChI is InChI=1S/C14H20N4/c1-2-17-8-4-3-7-13(17)12-10-18-9-5-6-11(15)14(18)16-12/h5-6,9-10,13H,2-4,7-8,15H2,1H3. The summed E-state index contributed by atoms with van der Waals surface area (Å²) in [6.07, 6.45) is 7.95. The number of hydrogen-bond donors (Lipinski definition) is 1. The van der Waals surface area contributed by atoms with Crippen LogP contribution in [0.15, 0.2) is 24.5 Å². The molecule has 1 aliphatic rings. The van der Waals surface area contributed by atoms with Crippen LogP contribution in [0.3, 0.4) is 0 Å². The van der Waals surface area contributed by atoms with Crippen molar-refractivity contribution in [3.63, 3.8) is 0 Å². The molecule has 0 radical (unpaired) electrons. The molecule has 4 nitrogen and oxygen atoms in total. The number of aromatic nitrogens is 2. The zero-order valence-electron chi connectivity index (χ0n) is 10.8. The van der Waals surface area contributed by atoms with Gasteiger partial charge in [0.05, 0.1) is 17.4 Å². The van der Waals surface area contributed by atoms with E-state index in [1.165, 1.54) is 25.8 Å². The molecule has 3 heterocycles. The number of anilines is 1. The summed E-state index contributed by atoms with van der Waals surface area (Å²) in [6.45, 7) is 4.50. The van der Waals surface area contributed by atoms with Crippen LogP contribution >= 0.6 is 0 Å². The molecule has 96 valence electrons. The summed E-state index contributed by atoms with van der Waals surface area (Å²) < 4.78 is 2.03. The van der Waals surface area contributed by atoms with Crippen molar-refractivity contribution in [3.8, 4) is 0 Å². The van der Waals surface area contributed by atoms with Gasteiger partial charge in [-0.05, 0) is 38.1 Å². The molecule has 0 aliphatic carbocycles. The second-order valence-electron chi connectivity index (χ2n) is 5.00. The molecular formula is C14H20N4. The minimum absolute atomic E-state index is 0.461. The fourth-order valence-corrected chi connectivity index (χ4v) is 2.92. The van der Waals surface area contributed by atoms with Crippen molar-refractivity contribution in [1.29, 1.82) is 0 Å². The lowest BCUT2D eigenvalue weighted by Gasteiger charge is -2.33. The lowest BCUT2D eigenvalue weighted by atomic mass is 10.00. The summed E-state index contributed by atoms with van der Waals surface area (Å²) >= 11 is 0. The third kappa shape index (κ3) is 1.86. The fraction of sp³-hybridized carbons (Fsp3) is 0.500. The highest BCUT2D eigenvalue weighted by molar-refractivity contribution is 5.64. The van der Waals surface area contributed by atoms with Crippen LogP contribution in [0.1, 0.15) is 37.9 Å². The summed E-state index contributed by atoms with van der Waals surface area (Å²) in [7, 11) is 0. The van der Waals surface area contributed by atoms with E-state index in [0.717, 1.165) is 23.6 Å². The molecule has 2 N–H and O–H groups in total. The van der Waals surface area contributed by atoms with E-state index in [9.17, 15) is 0 Å². The number of imidazole rings is 1. The lowest BCUT2D eigenvalue weighted by Crippen LogP contribution is -2.33. The van der Waals surface area contributed by atoms with Gasteiger partial charge < -0.3 is 10.1 Å². The first-order chi connectivity index (χ1) is 8.79. The van der Waals surface area contributed by atoms with Gasteiger partial charge in [-0.15, -0.1) is 0 Å². The molecule has 1 fully saturated rings. The molecule has 0 saturated carbocycles. The van der Waals surface area contributed by atoms with Gasteiger partial charge in [-0.1, -0.05) is 13.3 Å². The molecular weight excluding hydrogens is 224 g/mol. The van der Waals surface area contributed by atoms with E-state index in [1.807, 2.05) is 22.7 Å². The third-order valence-electron chi connectivity index (χ3n) is 3.89. The van der Waals surface area contributed by atoms with Crippen LogP contribution in [0, 0.1) is 0 Å². The number of hydrogen-bond acceptors (Lipinski definition) is 3. The topological polar surface area (TPSA) is 46.6 Å². The van der Waals surface area contributed by atoms with Crippen LogP contribution in [0.2, 0.25) is 0 Å². The second kappa shape index (κ2) is 4.61. The second-order valence-corrected chi connectivity index (χ2v) is 5.00. The Morgan fingerprint density at radius 1 is 1.44 bits per heavy atom. The van der Waals surface area contributed by atoms with Gasteiger partial charge in [-0.2, -0.15) is 0 Å². The van der Waals surface area contributed by atoms with Crippen LogP contribution in [-0.4, -0.2) is 27.4 Å². The predicted octanol–water partition coefficient (Wildman–Crippen LogP) is 2.46. The largest absolute Gasteiger partial charge is 0.396 e. The number of nitrogens with zero attached hydrogens (tertiary/aromatic N) is 3. The summed E-state index contributed by atoms with van der Waals surface area (Å²) in [5.41, 5.74) is 8.77. The summed E-state index contributed by atoms with van der Waals surface area (Å²) in [4.78, 5) is 7.25. The average Bonchev–Trinajstić information content (AvgIpc) is 2.84. The monoisotopic (exact) mass is 244 g/mol. The molecule has 1 atom stereocenters. The lowest BCUT2D eigenvalue weighted by molar-refractivity contribution is 0.154. The van der Waals surface area contributed by atoms with E-state index in [0.29, 0.717) is 6.04 Å². The molecule has 4 heteroatoms. The maximum Gasteiger partial charge on any atom is 0.160 e. The highest BCUT2D eigenvalue weighted by Gasteiger charge is 2.24. The number of piperidine rings is 1. The normalized spacial score (nSPS) is 21.5. The molecule has 0 aromatic carbocycles. The Balaban J connectivity index is 2.00. The van der Waals surface area contributed by atoms with Gasteiger partial charge in [0, 0.05) is 12.4 Å². The first-order valence-electron chi connectivity index (χ1n) is 6.76. The van der Waals surface area contributed by atoms with Gasteiger partial charge in [-0.25, -0.2) is 4.98 Å². The van der Waals surface area contributed by atoms with Crippen molar-refractivity contribution >= 4 is 11.3 Å². The SMILES string of the molecule is CCN1CCCCC1c1cn2cccc(N)c2n1. The van der Waals surface area contributed by atoms with Crippen LogP contribution in [0.5, 0.6) is 0 Å². The zero-order valence-corrected chi connectivity index (χ0v) is 10.8. The van der Waals surface area contributed by atoms with Gasteiger partial charge in [0.2, 0.25) is 0 Å². The van der Waals surface area contributed by atoms with Crippen molar-refractivity contribution in [3.05, 3.63) is 30.2 Å². The smallest absolute Gasteiger partial charge is 0.160 e. The minimum Gasteiger partial charge on any atom is -0.396 e. The van der Waals surface area contributed by atoms with E-state index in [-0.39, 0.29) is 0 Å². The maximum atomic E-state index is 5.97. The van der Waals surface area contributed by atoms with E-state index >= 15 is 0 Å². The number of pyridine rings is 1. The Hall–Kier alpha value is -1.55. The Kier molecular flexibility index (Phi) is 2.96. The fourth-order valence-electron chi connectivity index (χ4n) is 2.92. The highest BCUT2D eigenvalue weighted by Crippen LogP contribution is 2.30. The molecule has 0 bridgehead atoms. The van der Waals surface area contributed by atoms with Crippen LogP contribution < -0.4 is 5.73 Å². The Morgan fingerprint density at radius 3 is 3.11 bits per heavy atom. The molecule has 18 heavy (non-hydrogen) atoms. The molecule has 1 saturated heterocycles. The molecule has 1 aliphatic heterocycles. The van der Waals surface area contributed by atoms with Gasteiger partial charge in [0.1, 0.15) is 0 Å². The Bertz CT molecular complexity index is 546. The molecule has 1 unspecified atom stereocenters. The minimum atomic E-state index is 0.461. The molecule has 3 rings (SSSR count). The molecule has 0 spiro atoms. The number of nitrogen functional groups attached to an aromatic ring is 1.